The number of carbonyl (C=O) groups is 1. The molecule has 0 aromatic carbocycles. The molecule has 1 aliphatic rings. The minimum absolute atomic E-state index is 0.124. The second kappa shape index (κ2) is 3.90. The number of amides is 1. The third kappa shape index (κ3) is 1.78. The van der Waals surface area contributed by atoms with E-state index in [1.807, 2.05) is 0 Å². The average Bonchev–Trinajstić information content (AvgIpc) is 2.50. The zero-order valence-corrected chi connectivity index (χ0v) is 7.73. The van der Waals surface area contributed by atoms with Crippen LogP contribution in [-0.4, -0.2) is 19.0 Å². The van der Waals surface area contributed by atoms with Gasteiger partial charge in [0.1, 0.15) is 0 Å². The first-order chi connectivity index (χ1) is 5.71. The van der Waals surface area contributed by atoms with E-state index in [-0.39, 0.29) is 11.3 Å². The Bertz CT molecular complexity index is 162. The van der Waals surface area contributed by atoms with Gasteiger partial charge in [-0.25, -0.2) is 0 Å². The van der Waals surface area contributed by atoms with Gasteiger partial charge in [0.25, 0.3) is 0 Å². The Labute approximate surface area is 73.7 Å². The Morgan fingerprint density at radius 2 is 2.42 bits per heavy atom. The fraction of sp³-hybridized carbons (Fsp3) is 0.889. The maximum atomic E-state index is 11.2. The summed E-state index contributed by atoms with van der Waals surface area (Å²) in [5.74, 6) is -0.124. The van der Waals surface area contributed by atoms with Crippen molar-refractivity contribution < 1.29 is 4.79 Å². The minimum Gasteiger partial charge on any atom is -0.369 e. The lowest BCUT2D eigenvalue weighted by Gasteiger charge is -2.23. The van der Waals surface area contributed by atoms with Gasteiger partial charge in [-0.3, -0.25) is 4.79 Å². The van der Waals surface area contributed by atoms with Crippen LogP contribution in [0.3, 0.4) is 0 Å². The topological polar surface area (TPSA) is 55.1 Å². The van der Waals surface area contributed by atoms with Crippen LogP contribution in [0.1, 0.15) is 32.6 Å². The lowest BCUT2D eigenvalue weighted by Crippen LogP contribution is -2.38. The molecule has 1 unspecified atom stereocenters. The highest BCUT2D eigenvalue weighted by atomic mass is 16.1. The number of nitrogens with two attached hydrogens (primary N) is 1. The molecule has 3 heteroatoms. The van der Waals surface area contributed by atoms with Crippen LogP contribution in [0.15, 0.2) is 0 Å². The summed E-state index contributed by atoms with van der Waals surface area (Å²) < 4.78 is 0. The lowest BCUT2D eigenvalue weighted by atomic mass is 9.81. The van der Waals surface area contributed by atoms with Gasteiger partial charge in [-0.15, -0.1) is 0 Å². The first-order valence-corrected chi connectivity index (χ1v) is 4.72. The average molecular weight is 170 g/mol. The zero-order chi connectivity index (χ0) is 9.03. The van der Waals surface area contributed by atoms with E-state index in [1.54, 1.807) is 0 Å². The molecule has 1 atom stereocenters. The van der Waals surface area contributed by atoms with Crippen molar-refractivity contribution in [1.82, 2.24) is 5.32 Å². The van der Waals surface area contributed by atoms with Crippen molar-refractivity contribution in [2.75, 3.05) is 13.1 Å². The van der Waals surface area contributed by atoms with Crippen molar-refractivity contribution in [3.63, 3.8) is 0 Å². The van der Waals surface area contributed by atoms with E-state index in [2.05, 4.69) is 12.2 Å². The molecule has 3 N–H and O–H groups in total. The van der Waals surface area contributed by atoms with Gasteiger partial charge >= 0.3 is 0 Å². The van der Waals surface area contributed by atoms with E-state index < -0.39 is 0 Å². The maximum Gasteiger partial charge on any atom is 0.224 e. The van der Waals surface area contributed by atoms with Gasteiger partial charge in [0.15, 0.2) is 0 Å². The molecule has 3 nitrogen and oxygen atoms in total. The van der Waals surface area contributed by atoms with Crippen LogP contribution in [-0.2, 0) is 4.79 Å². The summed E-state index contributed by atoms with van der Waals surface area (Å²) in [5, 5.41) is 3.20. The minimum atomic E-state index is -0.226. The molecular weight excluding hydrogens is 152 g/mol. The number of hydrogen-bond acceptors (Lipinski definition) is 2. The summed E-state index contributed by atoms with van der Waals surface area (Å²) in [7, 11) is 0. The predicted octanol–water partition coefficient (Wildman–Crippen LogP) is 0.642. The highest BCUT2D eigenvalue weighted by Gasteiger charge is 2.38. The van der Waals surface area contributed by atoms with Crippen molar-refractivity contribution in [1.29, 1.82) is 0 Å². The van der Waals surface area contributed by atoms with Crippen LogP contribution >= 0.6 is 0 Å². The summed E-state index contributed by atoms with van der Waals surface area (Å²) in [5.41, 5.74) is 5.17. The van der Waals surface area contributed by atoms with Gasteiger partial charge in [0.05, 0.1) is 5.41 Å². The van der Waals surface area contributed by atoms with E-state index in [0.29, 0.717) is 0 Å². The summed E-state index contributed by atoms with van der Waals surface area (Å²) >= 11 is 0. The first kappa shape index (κ1) is 9.52. The SMILES string of the molecule is CCCCC1(C(N)=O)CCNC1. The first-order valence-electron chi connectivity index (χ1n) is 4.72. The molecule has 0 aromatic heterocycles. The Hall–Kier alpha value is -0.570. The molecule has 0 radical (unpaired) electrons. The smallest absolute Gasteiger partial charge is 0.224 e. The molecule has 12 heavy (non-hydrogen) atoms. The van der Waals surface area contributed by atoms with Crippen molar-refractivity contribution >= 4 is 5.91 Å². The van der Waals surface area contributed by atoms with Crippen LogP contribution in [0.5, 0.6) is 0 Å². The van der Waals surface area contributed by atoms with Crippen molar-refractivity contribution in [3.05, 3.63) is 0 Å². The van der Waals surface area contributed by atoms with Crippen molar-refractivity contribution in [3.8, 4) is 0 Å². The lowest BCUT2D eigenvalue weighted by molar-refractivity contribution is -0.127. The van der Waals surface area contributed by atoms with E-state index in [1.165, 1.54) is 0 Å². The Morgan fingerprint density at radius 1 is 1.67 bits per heavy atom. The number of unbranched alkanes of at least 4 members (excludes halogenated alkanes) is 1. The number of primary amides is 1. The van der Waals surface area contributed by atoms with Crippen LogP contribution in [0.25, 0.3) is 0 Å². The standard InChI is InChI=1S/C9H18N2O/c1-2-3-4-9(8(10)12)5-6-11-7-9/h11H,2-7H2,1H3,(H2,10,12). The molecule has 1 rings (SSSR count). The highest BCUT2D eigenvalue weighted by Crippen LogP contribution is 2.30. The van der Waals surface area contributed by atoms with Crippen LogP contribution in [0, 0.1) is 5.41 Å². The van der Waals surface area contributed by atoms with Gasteiger partial charge in [0.2, 0.25) is 5.91 Å². The molecule has 0 bridgehead atoms. The molecule has 0 spiro atoms. The molecule has 1 saturated heterocycles. The Morgan fingerprint density at radius 3 is 2.83 bits per heavy atom. The fourth-order valence-corrected chi connectivity index (χ4v) is 1.81. The van der Waals surface area contributed by atoms with E-state index in [0.717, 1.165) is 38.8 Å². The van der Waals surface area contributed by atoms with E-state index >= 15 is 0 Å². The molecule has 1 aliphatic heterocycles. The molecule has 0 aliphatic carbocycles. The van der Waals surface area contributed by atoms with Gasteiger partial charge < -0.3 is 11.1 Å². The summed E-state index contributed by atoms with van der Waals surface area (Å²) in [6, 6.07) is 0. The number of rotatable bonds is 4. The summed E-state index contributed by atoms with van der Waals surface area (Å²) in [6.45, 7) is 3.85. The molecular formula is C9H18N2O. The molecule has 0 aromatic rings. The van der Waals surface area contributed by atoms with Gasteiger partial charge in [-0.2, -0.15) is 0 Å². The van der Waals surface area contributed by atoms with Crippen LogP contribution in [0.4, 0.5) is 0 Å². The molecule has 1 amide bonds. The van der Waals surface area contributed by atoms with Crippen LogP contribution < -0.4 is 11.1 Å². The maximum absolute atomic E-state index is 11.2. The van der Waals surface area contributed by atoms with E-state index in [4.69, 9.17) is 5.73 Å². The monoisotopic (exact) mass is 170 g/mol. The Balaban J connectivity index is 2.53. The molecule has 0 saturated carbocycles. The third-order valence-corrected chi connectivity index (χ3v) is 2.78. The quantitative estimate of drug-likeness (QED) is 0.650. The van der Waals surface area contributed by atoms with E-state index in [9.17, 15) is 4.79 Å². The fourth-order valence-electron chi connectivity index (χ4n) is 1.81. The zero-order valence-electron chi connectivity index (χ0n) is 7.73. The van der Waals surface area contributed by atoms with Gasteiger partial charge in [0, 0.05) is 6.54 Å². The van der Waals surface area contributed by atoms with Crippen LogP contribution in [0.2, 0.25) is 0 Å². The second-order valence-electron chi connectivity index (χ2n) is 3.67. The largest absolute Gasteiger partial charge is 0.369 e. The van der Waals surface area contributed by atoms with Gasteiger partial charge in [-0.05, 0) is 19.4 Å². The van der Waals surface area contributed by atoms with Crippen molar-refractivity contribution in [2.24, 2.45) is 11.1 Å². The molecule has 1 heterocycles. The normalized spacial score (nSPS) is 29.1. The third-order valence-electron chi connectivity index (χ3n) is 2.78. The molecule has 70 valence electrons. The predicted molar refractivity (Wildman–Crippen MR) is 48.6 cm³/mol. The number of nitrogens with one attached hydrogen (secondary N) is 1. The van der Waals surface area contributed by atoms with Gasteiger partial charge in [-0.1, -0.05) is 19.8 Å². The highest BCUT2D eigenvalue weighted by molar-refractivity contribution is 5.81. The molecule has 1 fully saturated rings. The van der Waals surface area contributed by atoms with Crippen molar-refractivity contribution in [2.45, 2.75) is 32.6 Å². The number of hydrogen-bond donors (Lipinski definition) is 2. The summed E-state index contributed by atoms with van der Waals surface area (Å²) in [4.78, 5) is 11.2. The number of carbonyl (C=O) groups excluding carboxylic acids is 1. The second-order valence-corrected chi connectivity index (χ2v) is 3.67. The summed E-state index contributed by atoms with van der Waals surface area (Å²) in [6.07, 6.45) is 4.10. The Kier molecular flexibility index (Phi) is 3.09.